The molecule has 7 heteroatoms. The molecule has 0 aromatic carbocycles. The Labute approximate surface area is 158 Å². The summed E-state index contributed by atoms with van der Waals surface area (Å²) < 4.78 is 5.45. The van der Waals surface area contributed by atoms with E-state index >= 15 is 0 Å². The lowest BCUT2D eigenvalue weighted by molar-refractivity contribution is 0.305. The van der Waals surface area contributed by atoms with Gasteiger partial charge in [0, 0.05) is 24.5 Å². The molecule has 142 valence electrons. The topological polar surface area (TPSA) is 70.0 Å². The molecule has 3 heterocycles. The smallest absolute Gasteiger partial charge is 0.277 e. The third-order valence-electron chi connectivity index (χ3n) is 6.12. The Morgan fingerprint density at radius 3 is 2.78 bits per heavy atom. The molecule has 0 spiro atoms. The fraction of sp³-hybridized carbons (Fsp3) is 0.600. The highest BCUT2D eigenvalue weighted by atomic mass is 16.1. The highest BCUT2D eigenvalue weighted by Crippen LogP contribution is 2.25. The van der Waals surface area contributed by atoms with Crippen LogP contribution in [0.3, 0.4) is 0 Å². The van der Waals surface area contributed by atoms with Crippen LogP contribution in [0.5, 0.6) is 0 Å². The van der Waals surface area contributed by atoms with Crippen LogP contribution in [0.1, 0.15) is 61.9 Å². The summed E-state index contributed by atoms with van der Waals surface area (Å²) in [6.45, 7) is 1.40. The van der Waals surface area contributed by atoms with E-state index in [2.05, 4.69) is 15.4 Å². The maximum atomic E-state index is 13.0. The van der Waals surface area contributed by atoms with Crippen molar-refractivity contribution < 1.29 is 0 Å². The molecule has 0 aliphatic heterocycles. The van der Waals surface area contributed by atoms with Gasteiger partial charge in [-0.1, -0.05) is 24.5 Å². The maximum absolute atomic E-state index is 13.0. The monoisotopic (exact) mass is 366 g/mol. The van der Waals surface area contributed by atoms with Gasteiger partial charge >= 0.3 is 0 Å². The lowest BCUT2D eigenvalue weighted by Crippen LogP contribution is -2.23. The number of aromatic nitrogens is 6. The molecule has 0 radical (unpaired) electrons. The minimum Gasteiger partial charge on any atom is -0.306 e. The van der Waals surface area contributed by atoms with Crippen LogP contribution in [0, 0.1) is 5.92 Å². The predicted octanol–water partition coefficient (Wildman–Crippen LogP) is 2.59. The largest absolute Gasteiger partial charge is 0.306 e. The van der Waals surface area contributed by atoms with E-state index in [1.807, 2.05) is 23.3 Å². The summed E-state index contributed by atoms with van der Waals surface area (Å²) in [5, 5.41) is 13.2. The molecule has 0 amide bonds. The van der Waals surface area contributed by atoms with E-state index in [1.165, 1.54) is 32.1 Å². The number of nitrogens with zero attached hydrogens (tertiary/aromatic N) is 6. The molecule has 5 rings (SSSR count). The van der Waals surface area contributed by atoms with Gasteiger partial charge in [0.15, 0.2) is 0 Å². The number of hydrogen-bond acceptors (Lipinski definition) is 4. The first-order valence-electron chi connectivity index (χ1n) is 10.3. The normalized spacial score (nSPS) is 18.1. The average Bonchev–Trinajstić information content (AvgIpc) is 3.29. The molecule has 27 heavy (non-hydrogen) atoms. The zero-order valence-corrected chi connectivity index (χ0v) is 15.7. The van der Waals surface area contributed by atoms with Gasteiger partial charge in [-0.2, -0.15) is 5.10 Å². The number of rotatable bonds is 4. The van der Waals surface area contributed by atoms with Gasteiger partial charge in [0.05, 0.1) is 18.4 Å². The van der Waals surface area contributed by atoms with Gasteiger partial charge in [-0.3, -0.25) is 9.48 Å². The van der Waals surface area contributed by atoms with Crippen molar-refractivity contribution in [1.82, 2.24) is 29.2 Å². The molecule has 0 bridgehead atoms. The summed E-state index contributed by atoms with van der Waals surface area (Å²) in [6, 6.07) is 0. The third kappa shape index (κ3) is 3.19. The number of fused-ring (bicyclic) bond motifs is 3. The Bertz CT molecular complexity index is 1010. The average molecular weight is 366 g/mol. The summed E-state index contributed by atoms with van der Waals surface area (Å²) >= 11 is 0. The second-order valence-electron chi connectivity index (χ2n) is 8.09. The van der Waals surface area contributed by atoms with Gasteiger partial charge in [-0.25, -0.2) is 4.52 Å². The molecule has 0 saturated heterocycles. The van der Waals surface area contributed by atoms with Gasteiger partial charge < -0.3 is 4.57 Å². The van der Waals surface area contributed by atoms with E-state index in [9.17, 15) is 4.79 Å². The summed E-state index contributed by atoms with van der Waals surface area (Å²) in [5.74, 6) is 0.714. The first-order valence-corrected chi connectivity index (χ1v) is 10.3. The first-order chi connectivity index (χ1) is 13.3. The highest BCUT2D eigenvalue weighted by Gasteiger charge is 2.20. The quantitative estimate of drug-likeness (QED) is 0.712. The van der Waals surface area contributed by atoms with Crippen LogP contribution in [0.2, 0.25) is 0 Å². The minimum absolute atomic E-state index is 0.0231. The van der Waals surface area contributed by atoms with E-state index in [-0.39, 0.29) is 5.56 Å². The van der Waals surface area contributed by atoms with E-state index in [4.69, 9.17) is 0 Å². The lowest BCUT2D eigenvalue weighted by atomic mass is 9.89. The van der Waals surface area contributed by atoms with E-state index < -0.39 is 0 Å². The summed E-state index contributed by atoms with van der Waals surface area (Å²) in [6.07, 6.45) is 16.5. The number of hydrogen-bond donors (Lipinski definition) is 0. The molecule has 7 nitrogen and oxygen atoms in total. The van der Waals surface area contributed by atoms with Crippen LogP contribution >= 0.6 is 0 Å². The Morgan fingerprint density at radius 2 is 1.89 bits per heavy atom. The lowest BCUT2D eigenvalue weighted by Gasteiger charge is -2.20. The number of aryl methyl sites for hydroxylation is 2. The fourth-order valence-corrected chi connectivity index (χ4v) is 4.69. The van der Waals surface area contributed by atoms with Crippen molar-refractivity contribution in [3.63, 3.8) is 0 Å². The van der Waals surface area contributed by atoms with E-state index in [0.717, 1.165) is 54.7 Å². The molecule has 2 aliphatic carbocycles. The second-order valence-corrected chi connectivity index (χ2v) is 8.09. The Hall–Kier alpha value is -2.44. The van der Waals surface area contributed by atoms with Crippen molar-refractivity contribution in [2.75, 3.05) is 0 Å². The van der Waals surface area contributed by atoms with Crippen molar-refractivity contribution in [3.05, 3.63) is 45.9 Å². The fourth-order valence-electron chi connectivity index (χ4n) is 4.69. The molecular weight excluding hydrogens is 340 g/mol. The first kappa shape index (κ1) is 16.7. The third-order valence-corrected chi connectivity index (χ3v) is 6.12. The zero-order valence-electron chi connectivity index (χ0n) is 15.7. The van der Waals surface area contributed by atoms with Crippen molar-refractivity contribution in [1.29, 1.82) is 0 Å². The highest BCUT2D eigenvalue weighted by molar-refractivity contribution is 5.55. The standard InChI is InChI=1S/C20H26N6O/c27-20-19-17-8-4-5-9-18(17)22-26(19)11-10-24(20)13-16-14-25(23-21-16)12-15-6-2-1-3-7-15/h10-11,14-15H,1-9,12-13H2. The van der Waals surface area contributed by atoms with Gasteiger partial charge in [-0.05, 0) is 44.4 Å². The van der Waals surface area contributed by atoms with Crippen molar-refractivity contribution in [3.8, 4) is 0 Å². The van der Waals surface area contributed by atoms with Crippen LogP contribution in [0.4, 0.5) is 0 Å². The second kappa shape index (κ2) is 6.94. The van der Waals surface area contributed by atoms with Gasteiger partial charge in [0.25, 0.3) is 5.56 Å². The molecule has 1 saturated carbocycles. The van der Waals surface area contributed by atoms with Crippen molar-refractivity contribution in [2.24, 2.45) is 5.92 Å². The molecule has 0 atom stereocenters. The van der Waals surface area contributed by atoms with E-state index in [0.29, 0.717) is 12.5 Å². The van der Waals surface area contributed by atoms with Gasteiger partial charge in [0.2, 0.25) is 0 Å². The molecule has 0 N–H and O–H groups in total. The van der Waals surface area contributed by atoms with Crippen molar-refractivity contribution in [2.45, 2.75) is 70.9 Å². The SMILES string of the molecule is O=c1c2c3c(nn2ccn1Cc1cn(CC2CCCCC2)nn1)CCCC3. The zero-order chi connectivity index (χ0) is 18.2. The van der Waals surface area contributed by atoms with Crippen LogP contribution in [0.15, 0.2) is 23.4 Å². The summed E-state index contributed by atoms with van der Waals surface area (Å²) in [5.41, 5.74) is 3.83. The van der Waals surface area contributed by atoms with Crippen LogP contribution < -0.4 is 5.56 Å². The summed E-state index contributed by atoms with van der Waals surface area (Å²) in [7, 11) is 0. The Morgan fingerprint density at radius 1 is 1.04 bits per heavy atom. The Balaban J connectivity index is 1.38. The molecule has 2 aliphatic rings. The molecular formula is C20H26N6O. The van der Waals surface area contributed by atoms with Crippen LogP contribution in [0.25, 0.3) is 5.52 Å². The van der Waals surface area contributed by atoms with E-state index in [1.54, 1.807) is 9.08 Å². The Kier molecular flexibility index (Phi) is 4.30. The van der Waals surface area contributed by atoms with Crippen molar-refractivity contribution >= 4 is 5.52 Å². The molecule has 1 fully saturated rings. The predicted molar refractivity (Wildman–Crippen MR) is 102 cm³/mol. The van der Waals surface area contributed by atoms with Gasteiger partial charge in [-0.15, -0.1) is 5.10 Å². The van der Waals surface area contributed by atoms with Gasteiger partial charge in [0.1, 0.15) is 11.2 Å². The molecule has 3 aromatic heterocycles. The minimum atomic E-state index is 0.0231. The maximum Gasteiger partial charge on any atom is 0.277 e. The van der Waals surface area contributed by atoms with Crippen LogP contribution in [-0.2, 0) is 25.9 Å². The molecule has 3 aromatic rings. The van der Waals surface area contributed by atoms with Crippen LogP contribution in [-0.4, -0.2) is 29.2 Å². The molecule has 0 unspecified atom stereocenters. The summed E-state index contributed by atoms with van der Waals surface area (Å²) in [4.78, 5) is 13.0.